The second-order valence-corrected chi connectivity index (χ2v) is 3.91. The molecule has 0 saturated heterocycles. The standard InChI is InChI=1S/C15H11F3O/c1-11(12-5-3-2-4-6-12)19-14-9-7-13(8-10-14)15(16,17)18/h2-10H,1H2. The molecule has 2 rings (SSSR count). The van der Waals surface area contributed by atoms with Crippen LogP contribution in [0.1, 0.15) is 11.1 Å². The second-order valence-electron chi connectivity index (χ2n) is 3.91. The third kappa shape index (κ3) is 3.37. The van der Waals surface area contributed by atoms with E-state index in [2.05, 4.69) is 6.58 Å². The number of ether oxygens (including phenoxy) is 1. The Morgan fingerprint density at radius 2 is 1.47 bits per heavy atom. The summed E-state index contributed by atoms with van der Waals surface area (Å²) in [6, 6.07) is 13.6. The minimum atomic E-state index is -4.34. The summed E-state index contributed by atoms with van der Waals surface area (Å²) in [7, 11) is 0. The van der Waals surface area contributed by atoms with Crippen LogP contribution >= 0.6 is 0 Å². The van der Waals surface area contributed by atoms with E-state index in [1.165, 1.54) is 12.1 Å². The normalized spacial score (nSPS) is 11.1. The van der Waals surface area contributed by atoms with Gasteiger partial charge in [-0.1, -0.05) is 36.9 Å². The first-order valence-corrected chi connectivity index (χ1v) is 5.56. The summed E-state index contributed by atoms with van der Waals surface area (Å²) in [6.45, 7) is 3.75. The summed E-state index contributed by atoms with van der Waals surface area (Å²) in [5.41, 5.74) is 0.0765. The van der Waals surface area contributed by atoms with E-state index < -0.39 is 11.7 Å². The van der Waals surface area contributed by atoms with Crippen molar-refractivity contribution in [3.8, 4) is 5.75 Å². The van der Waals surface area contributed by atoms with Crippen molar-refractivity contribution in [3.05, 3.63) is 72.3 Å². The lowest BCUT2D eigenvalue weighted by Gasteiger charge is -2.10. The Morgan fingerprint density at radius 3 is 2.00 bits per heavy atom. The van der Waals surface area contributed by atoms with Gasteiger partial charge >= 0.3 is 6.18 Å². The van der Waals surface area contributed by atoms with Crippen LogP contribution in [0.15, 0.2) is 61.2 Å². The van der Waals surface area contributed by atoms with E-state index >= 15 is 0 Å². The zero-order chi connectivity index (χ0) is 13.9. The Labute approximate surface area is 109 Å². The summed E-state index contributed by atoms with van der Waals surface area (Å²) >= 11 is 0. The van der Waals surface area contributed by atoms with Crippen molar-refractivity contribution in [2.45, 2.75) is 6.18 Å². The predicted molar refractivity (Wildman–Crippen MR) is 67.5 cm³/mol. The fourth-order valence-corrected chi connectivity index (χ4v) is 1.54. The van der Waals surface area contributed by atoms with Crippen molar-refractivity contribution >= 4 is 5.76 Å². The molecule has 0 spiro atoms. The van der Waals surface area contributed by atoms with Crippen LogP contribution in [-0.2, 0) is 6.18 Å². The fourth-order valence-electron chi connectivity index (χ4n) is 1.54. The number of hydrogen-bond donors (Lipinski definition) is 0. The lowest BCUT2D eigenvalue weighted by atomic mass is 10.2. The molecule has 0 bridgehead atoms. The summed E-state index contributed by atoms with van der Waals surface area (Å²) < 4.78 is 42.6. The number of hydrogen-bond acceptors (Lipinski definition) is 1. The van der Waals surface area contributed by atoms with Gasteiger partial charge in [-0.3, -0.25) is 0 Å². The molecule has 4 heteroatoms. The third-order valence-electron chi connectivity index (χ3n) is 2.52. The van der Waals surface area contributed by atoms with Crippen LogP contribution in [0, 0.1) is 0 Å². The fraction of sp³-hybridized carbons (Fsp3) is 0.0667. The molecular formula is C15H11F3O. The maximum absolute atomic E-state index is 12.4. The quantitative estimate of drug-likeness (QED) is 0.726. The summed E-state index contributed by atoms with van der Waals surface area (Å²) in [5.74, 6) is 0.710. The molecule has 0 amide bonds. The maximum atomic E-state index is 12.4. The van der Waals surface area contributed by atoms with E-state index in [0.717, 1.165) is 17.7 Å². The number of alkyl halides is 3. The minimum absolute atomic E-state index is 0.321. The molecule has 98 valence electrons. The van der Waals surface area contributed by atoms with Gasteiger partial charge in [-0.25, -0.2) is 0 Å². The van der Waals surface area contributed by atoms with E-state index in [0.29, 0.717) is 11.5 Å². The molecule has 0 heterocycles. The Bertz CT molecular complexity index is 556. The molecule has 0 unspecified atom stereocenters. The van der Waals surface area contributed by atoms with Crippen LogP contribution in [-0.4, -0.2) is 0 Å². The molecule has 0 aliphatic heterocycles. The Morgan fingerprint density at radius 1 is 0.895 bits per heavy atom. The molecule has 0 atom stereocenters. The Kier molecular flexibility index (Phi) is 3.60. The maximum Gasteiger partial charge on any atom is 0.416 e. The average Bonchev–Trinajstić information content (AvgIpc) is 2.39. The summed E-state index contributed by atoms with van der Waals surface area (Å²) in [5, 5.41) is 0. The first kappa shape index (κ1) is 13.2. The number of halogens is 3. The lowest BCUT2D eigenvalue weighted by molar-refractivity contribution is -0.137. The van der Waals surface area contributed by atoms with Crippen LogP contribution in [0.5, 0.6) is 5.75 Å². The Balaban J connectivity index is 2.10. The van der Waals surface area contributed by atoms with Crippen LogP contribution < -0.4 is 4.74 Å². The summed E-state index contributed by atoms with van der Waals surface area (Å²) in [4.78, 5) is 0. The van der Waals surface area contributed by atoms with E-state index in [1.807, 2.05) is 30.3 Å². The molecule has 0 saturated carbocycles. The van der Waals surface area contributed by atoms with Crippen LogP contribution in [0.25, 0.3) is 5.76 Å². The van der Waals surface area contributed by atoms with E-state index in [-0.39, 0.29) is 0 Å². The van der Waals surface area contributed by atoms with Crippen molar-refractivity contribution in [1.82, 2.24) is 0 Å². The topological polar surface area (TPSA) is 9.23 Å². The zero-order valence-corrected chi connectivity index (χ0v) is 9.95. The second kappa shape index (κ2) is 5.18. The van der Waals surface area contributed by atoms with Gasteiger partial charge in [0.25, 0.3) is 0 Å². The molecule has 0 fully saturated rings. The average molecular weight is 264 g/mol. The molecule has 1 nitrogen and oxygen atoms in total. The molecule has 0 aliphatic rings. The van der Waals surface area contributed by atoms with Crippen LogP contribution in [0.2, 0.25) is 0 Å². The minimum Gasteiger partial charge on any atom is -0.457 e. The molecule has 19 heavy (non-hydrogen) atoms. The highest BCUT2D eigenvalue weighted by Gasteiger charge is 2.30. The summed E-state index contributed by atoms with van der Waals surface area (Å²) in [6.07, 6.45) is -4.34. The van der Waals surface area contributed by atoms with Crippen molar-refractivity contribution in [1.29, 1.82) is 0 Å². The highest BCUT2D eigenvalue weighted by Crippen LogP contribution is 2.31. The first-order chi connectivity index (χ1) is 8.97. The molecule has 0 aromatic heterocycles. The van der Waals surface area contributed by atoms with Gasteiger partial charge in [0, 0.05) is 5.56 Å². The van der Waals surface area contributed by atoms with Crippen LogP contribution in [0.3, 0.4) is 0 Å². The zero-order valence-electron chi connectivity index (χ0n) is 9.95. The largest absolute Gasteiger partial charge is 0.457 e. The molecule has 2 aromatic carbocycles. The predicted octanol–water partition coefficient (Wildman–Crippen LogP) is 4.76. The van der Waals surface area contributed by atoms with E-state index in [4.69, 9.17) is 4.74 Å². The SMILES string of the molecule is C=C(Oc1ccc(C(F)(F)F)cc1)c1ccccc1. The van der Waals surface area contributed by atoms with Crippen molar-refractivity contribution in [3.63, 3.8) is 0 Å². The highest BCUT2D eigenvalue weighted by molar-refractivity contribution is 5.59. The van der Waals surface area contributed by atoms with Gasteiger partial charge < -0.3 is 4.74 Å². The van der Waals surface area contributed by atoms with Gasteiger partial charge in [-0.2, -0.15) is 13.2 Å². The number of rotatable bonds is 3. The molecule has 0 aliphatic carbocycles. The number of benzene rings is 2. The molecule has 0 N–H and O–H groups in total. The van der Waals surface area contributed by atoms with Gasteiger partial charge in [0.1, 0.15) is 11.5 Å². The Hall–Kier alpha value is -2.23. The van der Waals surface area contributed by atoms with Gasteiger partial charge in [0.05, 0.1) is 5.56 Å². The van der Waals surface area contributed by atoms with Crippen molar-refractivity contribution in [2.24, 2.45) is 0 Å². The van der Waals surface area contributed by atoms with E-state index in [1.54, 1.807) is 0 Å². The van der Waals surface area contributed by atoms with Crippen LogP contribution in [0.4, 0.5) is 13.2 Å². The molecule has 0 radical (unpaired) electrons. The smallest absolute Gasteiger partial charge is 0.416 e. The highest BCUT2D eigenvalue weighted by atomic mass is 19.4. The van der Waals surface area contributed by atoms with E-state index in [9.17, 15) is 13.2 Å². The van der Waals surface area contributed by atoms with Gasteiger partial charge in [-0.05, 0) is 24.3 Å². The molecule has 2 aromatic rings. The molecular weight excluding hydrogens is 253 g/mol. The monoisotopic (exact) mass is 264 g/mol. The third-order valence-corrected chi connectivity index (χ3v) is 2.52. The van der Waals surface area contributed by atoms with Gasteiger partial charge in [-0.15, -0.1) is 0 Å². The van der Waals surface area contributed by atoms with Gasteiger partial charge in [0.15, 0.2) is 0 Å². The van der Waals surface area contributed by atoms with Crippen molar-refractivity contribution in [2.75, 3.05) is 0 Å². The van der Waals surface area contributed by atoms with Gasteiger partial charge in [0.2, 0.25) is 0 Å². The lowest BCUT2D eigenvalue weighted by Crippen LogP contribution is -2.04. The first-order valence-electron chi connectivity index (χ1n) is 5.56. The van der Waals surface area contributed by atoms with Crippen molar-refractivity contribution < 1.29 is 17.9 Å².